The highest BCUT2D eigenvalue weighted by Gasteiger charge is 2.23. The molecule has 0 aliphatic heterocycles. The molecule has 0 amide bonds. The molecule has 4 nitrogen and oxygen atoms in total. The van der Waals surface area contributed by atoms with Crippen molar-refractivity contribution < 1.29 is 0 Å². The van der Waals surface area contributed by atoms with Gasteiger partial charge in [0.15, 0.2) is 17.5 Å². The van der Waals surface area contributed by atoms with Crippen LogP contribution in [0.5, 0.6) is 0 Å². The monoisotopic (exact) mass is 614 g/mol. The summed E-state index contributed by atoms with van der Waals surface area (Å²) in [5, 5.41) is 2.53. The first-order chi connectivity index (χ1) is 23.6. The van der Waals surface area contributed by atoms with Crippen LogP contribution in [-0.2, 0) is 0 Å². The summed E-state index contributed by atoms with van der Waals surface area (Å²) in [6, 6.07) is 51.1. The van der Waals surface area contributed by atoms with Gasteiger partial charge in [-0.1, -0.05) is 121 Å². The van der Waals surface area contributed by atoms with Crippen molar-refractivity contribution in [2.45, 2.75) is 13.8 Å². The molecule has 0 atom stereocenters. The van der Waals surface area contributed by atoms with Gasteiger partial charge in [-0.05, 0) is 87.8 Å². The van der Waals surface area contributed by atoms with Crippen LogP contribution >= 0.6 is 0 Å². The van der Waals surface area contributed by atoms with E-state index in [0.29, 0.717) is 17.5 Å². The van der Waals surface area contributed by atoms with Crippen molar-refractivity contribution >= 4 is 10.8 Å². The fourth-order valence-corrected chi connectivity index (χ4v) is 7.06. The van der Waals surface area contributed by atoms with Gasteiger partial charge in [-0.3, -0.25) is 4.98 Å². The van der Waals surface area contributed by atoms with Crippen molar-refractivity contribution in [2.24, 2.45) is 0 Å². The average Bonchev–Trinajstić information content (AvgIpc) is 3.47. The van der Waals surface area contributed by atoms with Crippen LogP contribution in [-0.4, -0.2) is 19.9 Å². The molecule has 2 aromatic heterocycles. The van der Waals surface area contributed by atoms with E-state index in [1.54, 1.807) is 0 Å². The maximum absolute atomic E-state index is 5.10. The Hall–Kier alpha value is -6.26. The SMILES string of the molecule is Cc1ccc(-c2cc(-c3nc(-c4ccccc4)nc(-c4ccccc4)n3)cc(-c3ccc4c5c(cccc35)-c3ccccc3-4)c2)c(C)n1. The molecule has 1 aliphatic carbocycles. The highest BCUT2D eigenvalue weighted by molar-refractivity contribution is 6.18. The third kappa shape index (κ3) is 4.69. The first-order valence-corrected chi connectivity index (χ1v) is 16.2. The Bertz CT molecular complexity index is 2430. The Morgan fingerprint density at radius 1 is 0.333 bits per heavy atom. The van der Waals surface area contributed by atoms with Gasteiger partial charge in [0.2, 0.25) is 0 Å². The van der Waals surface area contributed by atoms with Crippen LogP contribution in [0.3, 0.4) is 0 Å². The number of nitrogens with zero attached hydrogens (tertiary/aromatic N) is 4. The molecule has 0 saturated heterocycles. The molecule has 0 saturated carbocycles. The van der Waals surface area contributed by atoms with Gasteiger partial charge in [-0.2, -0.15) is 0 Å². The minimum atomic E-state index is 0.627. The summed E-state index contributed by atoms with van der Waals surface area (Å²) in [4.78, 5) is 20.0. The highest BCUT2D eigenvalue weighted by Crippen LogP contribution is 2.49. The van der Waals surface area contributed by atoms with Gasteiger partial charge in [-0.15, -0.1) is 0 Å². The zero-order chi connectivity index (χ0) is 32.2. The van der Waals surface area contributed by atoms with Crippen molar-refractivity contribution in [1.29, 1.82) is 0 Å². The Labute approximate surface area is 279 Å². The lowest BCUT2D eigenvalue weighted by Crippen LogP contribution is -2.01. The molecule has 6 aromatic carbocycles. The van der Waals surface area contributed by atoms with Crippen LogP contribution in [0.25, 0.3) is 89.4 Å². The fourth-order valence-electron chi connectivity index (χ4n) is 7.06. The summed E-state index contributed by atoms with van der Waals surface area (Å²) in [6.45, 7) is 4.11. The molecule has 0 N–H and O–H groups in total. The maximum Gasteiger partial charge on any atom is 0.164 e. The number of rotatable bonds is 5. The number of hydrogen-bond donors (Lipinski definition) is 0. The standard InChI is InChI=1S/C44H30N4/c1-27-20-21-34(28(2)45-27)31-24-32(35-22-23-40-37-17-10-9-16-36(37)39-19-11-18-38(35)41(39)40)26-33(25-31)44-47-42(29-12-5-3-6-13-29)46-43(48-44)30-14-7-4-8-15-30/h3-26H,1-2H3. The highest BCUT2D eigenvalue weighted by atomic mass is 15.0. The Morgan fingerprint density at radius 3 is 1.44 bits per heavy atom. The average molecular weight is 615 g/mol. The normalized spacial score (nSPS) is 11.5. The first kappa shape index (κ1) is 28.0. The van der Waals surface area contributed by atoms with Crippen LogP contribution in [0.15, 0.2) is 146 Å². The number of aromatic nitrogens is 4. The van der Waals surface area contributed by atoms with Gasteiger partial charge < -0.3 is 0 Å². The fraction of sp³-hybridized carbons (Fsp3) is 0.0455. The summed E-state index contributed by atoms with van der Waals surface area (Å²) in [6.07, 6.45) is 0. The van der Waals surface area contributed by atoms with E-state index in [1.807, 2.05) is 67.6 Å². The van der Waals surface area contributed by atoms with Crippen molar-refractivity contribution in [3.63, 3.8) is 0 Å². The van der Waals surface area contributed by atoms with E-state index in [9.17, 15) is 0 Å². The molecule has 1 aliphatic rings. The van der Waals surface area contributed by atoms with Crippen LogP contribution in [0.2, 0.25) is 0 Å². The topological polar surface area (TPSA) is 51.6 Å². The summed E-state index contributed by atoms with van der Waals surface area (Å²) in [5.41, 5.74) is 14.4. The van der Waals surface area contributed by atoms with E-state index in [4.69, 9.17) is 19.9 Å². The molecule has 0 spiro atoms. The minimum absolute atomic E-state index is 0.627. The third-order valence-corrected chi connectivity index (χ3v) is 9.29. The van der Waals surface area contributed by atoms with Crippen LogP contribution in [0.4, 0.5) is 0 Å². The molecule has 2 heterocycles. The van der Waals surface area contributed by atoms with E-state index in [0.717, 1.165) is 44.8 Å². The Balaban J connectivity index is 1.30. The van der Waals surface area contributed by atoms with Crippen LogP contribution in [0.1, 0.15) is 11.4 Å². The molecular formula is C44H30N4. The summed E-state index contributed by atoms with van der Waals surface area (Å²) >= 11 is 0. The van der Waals surface area contributed by atoms with Crippen molar-refractivity contribution in [3.8, 4) is 78.7 Å². The second-order valence-corrected chi connectivity index (χ2v) is 12.4. The summed E-state index contributed by atoms with van der Waals surface area (Å²) < 4.78 is 0. The van der Waals surface area contributed by atoms with Gasteiger partial charge in [0.1, 0.15) is 0 Å². The Kier molecular flexibility index (Phi) is 6.54. The van der Waals surface area contributed by atoms with Crippen molar-refractivity contribution in [2.75, 3.05) is 0 Å². The van der Waals surface area contributed by atoms with E-state index in [-0.39, 0.29) is 0 Å². The molecule has 0 bridgehead atoms. The van der Waals surface area contributed by atoms with Gasteiger partial charge in [0.05, 0.1) is 0 Å². The molecule has 4 heteroatoms. The minimum Gasteiger partial charge on any atom is -0.258 e. The predicted molar refractivity (Wildman–Crippen MR) is 196 cm³/mol. The summed E-state index contributed by atoms with van der Waals surface area (Å²) in [5.74, 6) is 1.91. The Morgan fingerprint density at radius 2 is 0.812 bits per heavy atom. The molecule has 0 radical (unpaired) electrons. The molecule has 0 unspecified atom stereocenters. The second kappa shape index (κ2) is 11.2. The van der Waals surface area contributed by atoms with Gasteiger partial charge in [-0.25, -0.2) is 15.0 Å². The second-order valence-electron chi connectivity index (χ2n) is 12.4. The predicted octanol–water partition coefficient (Wildman–Crippen LogP) is 11.0. The molecule has 48 heavy (non-hydrogen) atoms. The molecular weight excluding hydrogens is 585 g/mol. The van der Waals surface area contributed by atoms with Crippen molar-refractivity contribution in [1.82, 2.24) is 19.9 Å². The lowest BCUT2D eigenvalue weighted by atomic mass is 9.91. The zero-order valence-electron chi connectivity index (χ0n) is 26.6. The molecule has 0 fully saturated rings. The quantitative estimate of drug-likeness (QED) is 0.194. The number of hydrogen-bond acceptors (Lipinski definition) is 4. The number of pyridine rings is 1. The largest absolute Gasteiger partial charge is 0.258 e. The van der Waals surface area contributed by atoms with Crippen LogP contribution < -0.4 is 0 Å². The van der Waals surface area contributed by atoms with Crippen molar-refractivity contribution in [3.05, 3.63) is 157 Å². The maximum atomic E-state index is 5.10. The van der Waals surface area contributed by atoms with Gasteiger partial charge in [0, 0.05) is 33.6 Å². The number of aryl methyl sites for hydroxylation is 2. The van der Waals surface area contributed by atoms with E-state index in [1.165, 1.54) is 38.6 Å². The first-order valence-electron chi connectivity index (χ1n) is 16.2. The lowest BCUT2D eigenvalue weighted by molar-refractivity contribution is 1.07. The van der Waals surface area contributed by atoms with Gasteiger partial charge >= 0.3 is 0 Å². The lowest BCUT2D eigenvalue weighted by Gasteiger charge is -2.15. The molecule has 8 aromatic rings. The number of benzene rings is 6. The van der Waals surface area contributed by atoms with E-state index in [2.05, 4.69) is 91.9 Å². The smallest absolute Gasteiger partial charge is 0.164 e. The van der Waals surface area contributed by atoms with Crippen LogP contribution in [0, 0.1) is 13.8 Å². The summed E-state index contributed by atoms with van der Waals surface area (Å²) in [7, 11) is 0. The van der Waals surface area contributed by atoms with E-state index >= 15 is 0 Å². The van der Waals surface area contributed by atoms with E-state index < -0.39 is 0 Å². The third-order valence-electron chi connectivity index (χ3n) is 9.29. The number of fused-ring (bicyclic) bond motifs is 3. The zero-order valence-corrected chi connectivity index (χ0v) is 26.6. The van der Waals surface area contributed by atoms with Gasteiger partial charge in [0.25, 0.3) is 0 Å². The molecule has 226 valence electrons. The molecule has 9 rings (SSSR count).